The second-order valence-corrected chi connectivity index (χ2v) is 5.44. The van der Waals surface area contributed by atoms with E-state index in [0.717, 1.165) is 5.56 Å². The number of aromatic nitrogens is 1. The van der Waals surface area contributed by atoms with E-state index in [1.807, 2.05) is 30.3 Å². The van der Waals surface area contributed by atoms with Crippen LogP contribution in [0.25, 0.3) is 6.08 Å². The van der Waals surface area contributed by atoms with Crippen LogP contribution in [0.1, 0.15) is 27.3 Å². The third-order valence-corrected chi connectivity index (χ3v) is 3.65. The molecule has 0 aliphatic rings. The summed E-state index contributed by atoms with van der Waals surface area (Å²) in [5.41, 5.74) is 2.46. The molecule has 0 saturated carbocycles. The van der Waals surface area contributed by atoms with E-state index in [-0.39, 0.29) is 12.3 Å². The minimum Gasteiger partial charge on any atom is -0.476 e. The maximum absolute atomic E-state index is 11.5. The number of nitrogens with one attached hydrogen (secondary N) is 1. The van der Waals surface area contributed by atoms with Gasteiger partial charge in [0.05, 0.1) is 10.4 Å². The van der Waals surface area contributed by atoms with Gasteiger partial charge in [0.15, 0.2) is 5.69 Å². The van der Waals surface area contributed by atoms with E-state index < -0.39 is 12.1 Å². The highest BCUT2D eigenvalue weighted by Crippen LogP contribution is 2.15. The van der Waals surface area contributed by atoms with Gasteiger partial charge >= 0.3 is 12.1 Å². The molecule has 1 heterocycles. The second-order valence-electron chi connectivity index (χ2n) is 4.55. The lowest BCUT2D eigenvalue weighted by Gasteiger charge is -2.05. The summed E-state index contributed by atoms with van der Waals surface area (Å²) < 4.78 is 5.07. The van der Waals surface area contributed by atoms with Gasteiger partial charge in [0, 0.05) is 6.54 Å². The average molecular weight is 332 g/mol. The van der Waals surface area contributed by atoms with Crippen molar-refractivity contribution in [3.63, 3.8) is 0 Å². The van der Waals surface area contributed by atoms with Gasteiger partial charge in [-0.15, -0.1) is 11.3 Å². The quantitative estimate of drug-likeness (QED) is 0.760. The van der Waals surface area contributed by atoms with Crippen molar-refractivity contribution in [3.05, 3.63) is 58.1 Å². The van der Waals surface area contributed by atoms with Crippen LogP contribution in [-0.2, 0) is 11.3 Å². The number of carboxylic acids is 1. The number of carbonyl (C=O) groups is 2. The standard InChI is InChI=1S/C16H16N2O4S/c19-15(20)14-13(23-11-18-14)8-4-5-9-17-16(21)22-10-12-6-2-1-3-7-12/h1-4,6-8,11H,5,9-10H2,(H,17,21)(H,19,20). The van der Waals surface area contributed by atoms with Crippen molar-refractivity contribution in [2.24, 2.45) is 0 Å². The van der Waals surface area contributed by atoms with Crippen molar-refractivity contribution in [3.8, 4) is 0 Å². The van der Waals surface area contributed by atoms with Crippen molar-refractivity contribution in [1.82, 2.24) is 10.3 Å². The molecule has 6 nitrogen and oxygen atoms in total. The Morgan fingerprint density at radius 2 is 2.09 bits per heavy atom. The Morgan fingerprint density at radius 3 is 2.83 bits per heavy atom. The van der Waals surface area contributed by atoms with Gasteiger partial charge in [-0.2, -0.15) is 0 Å². The molecule has 0 unspecified atom stereocenters. The molecule has 0 spiro atoms. The molecule has 1 aromatic carbocycles. The number of nitrogens with zero attached hydrogens (tertiary/aromatic N) is 1. The largest absolute Gasteiger partial charge is 0.476 e. The monoisotopic (exact) mass is 332 g/mol. The van der Waals surface area contributed by atoms with Crippen molar-refractivity contribution < 1.29 is 19.4 Å². The predicted molar refractivity (Wildman–Crippen MR) is 87.4 cm³/mol. The molecule has 0 aliphatic carbocycles. The van der Waals surface area contributed by atoms with Crippen molar-refractivity contribution in [2.75, 3.05) is 6.54 Å². The number of carboxylic acid groups (broad SMARTS) is 1. The molecular weight excluding hydrogens is 316 g/mol. The van der Waals surface area contributed by atoms with Gasteiger partial charge < -0.3 is 15.2 Å². The number of ether oxygens (including phenoxy) is 1. The molecule has 0 atom stereocenters. The Morgan fingerprint density at radius 1 is 1.30 bits per heavy atom. The summed E-state index contributed by atoms with van der Waals surface area (Å²) >= 11 is 1.26. The Labute approximate surface area is 137 Å². The number of benzene rings is 1. The summed E-state index contributed by atoms with van der Waals surface area (Å²) in [6.07, 6.45) is 3.57. The van der Waals surface area contributed by atoms with E-state index in [1.165, 1.54) is 16.8 Å². The summed E-state index contributed by atoms with van der Waals surface area (Å²) in [5.74, 6) is -1.05. The molecule has 120 valence electrons. The Balaban J connectivity index is 1.66. The van der Waals surface area contributed by atoms with Crippen LogP contribution in [0.3, 0.4) is 0 Å². The maximum Gasteiger partial charge on any atom is 0.407 e. The SMILES string of the molecule is O=C(NCCC=Cc1scnc1C(=O)O)OCc1ccccc1. The van der Waals surface area contributed by atoms with Crippen molar-refractivity contribution in [1.29, 1.82) is 0 Å². The van der Waals surface area contributed by atoms with Crippen LogP contribution < -0.4 is 5.32 Å². The van der Waals surface area contributed by atoms with E-state index in [4.69, 9.17) is 9.84 Å². The maximum atomic E-state index is 11.5. The number of aromatic carboxylic acids is 1. The summed E-state index contributed by atoms with van der Waals surface area (Å²) in [7, 11) is 0. The van der Waals surface area contributed by atoms with E-state index in [0.29, 0.717) is 17.8 Å². The summed E-state index contributed by atoms with van der Waals surface area (Å²) in [4.78, 5) is 26.8. The third-order valence-electron chi connectivity index (χ3n) is 2.86. The lowest BCUT2D eigenvalue weighted by atomic mass is 10.2. The van der Waals surface area contributed by atoms with E-state index in [2.05, 4.69) is 10.3 Å². The van der Waals surface area contributed by atoms with Crippen LogP contribution in [0.2, 0.25) is 0 Å². The second kappa shape index (κ2) is 8.70. The molecule has 2 aromatic rings. The number of carbonyl (C=O) groups excluding carboxylic acids is 1. The Bertz CT molecular complexity index is 682. The highest BCUT2D eigenvalue weighted by atomic mass is 32.1. The first-order valence-electron chi connectivity index (χ1n) is 6.94. The molecule has 1 amide bonds. The summed E-state index contributed by atoms with van der Waals surface area (Å²) in [6.45, 7) is 0.636. The Kier molecular flexibility index (Phi) is 6.31. The minimum absolute atomic E-state index is 0.0430. The zero-order valence-electron chi connectivity index (χ0n) is 12.3. The number of rotatable bonds is 7. The van der Waals surface area contributed by atoms with Crippen LogP contribution in [0.5, 0.6) is 0 Å². The molecule has 0 aliphatic heterocycles. The number of alkyl carbamates (subject to hydrolysis) is 1. The minimum atomic E-state index is -1.05. The lowest BCUT2D eigenvalue weighted by molar-refractivity contribution is 0.0691. The molecule has 0 fully saturated rings. The average Bonchev–Trinajstić information content (AvgIpc) is 3.02. The van der Waals surface area contributed by atoms with Gasteiger partial charge in [0.1, 0.15) is 6.61 Å². The topological polar surface area (TPSA) is 88.5 Å². The first-order valence-corrected chi connectivity index (χ1v) is 7.82. The van der Waals surface area contributed by atoms with Gasteiger partial charge in [0.25, 0.3) is 0 Å². The molecule has 23 heavy (non-hydrogen) atoms. The van der Waals surface area contributed by atoms with E-state index >= 15 is 0 Å². The third kappa shape index (κ3) is 5.55. The van der Waals surface area contributed by atoms with Crippen LogP contribution in [-0.4, -0.2) is 28.7 Å². The van der Waals surface area contributed by atoms with Crippen LogP contribution >= 0.6 is 11.3 Å². The number of hydrogen-bond acceptors (Lipinski definition) is 5. The van der Waals surface area contributed by atoms with Crippen LogP contribution in [0.15, 0.2) is 41.9 Å². The fourth-order valence-electron chi connectivity index (χ4n) is 1.76. The first-order chi connectivity index (χ1) is 11.2. The van der Waals surface area contributed by atoms with Gasteiger partial charge in [-0.05, 0) is 18.1 Å². The van der Waals surface area contributed by atoms with E-state index in [1.54, 1.807) is 12.2 Å². The lowest BCUT2D eigenvalue weighted by Crippen LogP contribution is -2.24. The smallest absolute Gasteiger partial charge is 0.407 e. The zero-order valence-corrected chi connectivity index (χ0v) is 13.1. The predicted octanol–water partition coefficient (Wildman–Crippen LogP) is 3.17. The zero-order chi connectivity index (χ0) is 16.5. The molecule has 7 heteroatoms. The molecular formula is C16H16N2O4S. The summed E-state index contributed by atoms with van der Waals surface area (Å²) in [6, 6.07) is 9.42. The summed E-state index contributed by atoms with van der Waals surface area (Å²) in [5, 5.41) is 11.5. The normalized spacial score (nSPS) is 10.6. The first kappa shape index (κ1) is 16.7. The number of amides is 1. The number of thiazole rings is 1. The Hall–Kier alpha value is -2.67. The molecule has 2 N–H and O–H groups in total. The fourth-order valence-corrected chi connectivity index (χ4v) is 2.45. The van der Waals surface area contributed by atoms with Crippen LogP contribution in [0, 0.1) is 0 Å². The van der Waals surface area contributed by atoms with Crippen molar-refractivity contribution >= 4 is 29.5 Å². The van der Waals surface area contributed by atoms with Crippen molar-refractivity contribution in [2.45, 2.75) is 13.0 Å². The highest BCUT2D eigenvalue weighted by Gasteiger charge is 2.10. The molecule has 2 rings (SSSR count). The van der Waals surface area contributed by atoms with E-state index in [9.17, 15) is 9.59 Å². The van der Waals surface area contributed by atoms with Gasteiger partial charge in [0.2, 0.25) is 0 Å². The van der Waals surface area contributed by atoms with Gasteiger partial charge in [-0.1, -0.05) is 36.4 Å². The van der Waals surface area contributed by atoms with Crippen LogP contribution in [0.4, 0.5) is 4.79 Å². The molecule has 1 aromatic heterocycles. The fraction of sp³-hybridized carbons (Fsp3) is 0.188. The number of hydrogen-bond donors (Lipinski definition) is 2. The highest BCUT2D eigenvalue weighted by molar-refractivity contribution is 7.10. The molecule has 0 bridgehead atoms. The molecule has 0 saturated heterocycles. The molecule has 0 radical (unpaired) electrons. The van der Waals surface area contributed by atoms with Gasteiger partial charge in [-0.25, -0.2) is 14.6 Å². The van der Waals surface area contributed by atoms with Gasteiger partial charge in [-0.3, -0.25) is 0 Å².